The van der Waals surface area contributed by atoms with Crippen LogP contribution in [0, 0.1) is 5.41 Å². The summed E-state index contributed by atoms with van der Waals surface area (Å²) in [6, 6.07) is 18.4. The summed E-state index contributed by atoms with van der Waals surface area (Å²) in [5, 5.41) is 16.7. The number of carbonyl (C=O) groups is 1. The molecule has 0 bridgehead atoms. The maximum absolute atomic E-state index is 9.37. The van der Waals surface area contributed by atoms with Crippen molar-refractivity contribution in [3.05, 3.63) is 66.4 Å². The Balaban J connectivity index is 0.000000338. The second-order valence-corrected chi connectivity index (χ2v) is 5.14. The van der Waals surface area contributed by atoms with Crippen LogP contribution in [0.3, 0.4) is 0 Å². The largest absolute Gasteiger partial charge is 0.481 e. The molecule has 4 heteroatoms. The lowest BCUT2D eigenvalue weighted by Crippen LogP contribution is -1.92. The first-order chi connectivity index (χ1) is 11.0. The summed E-state index contributed by atoms with van der Waals surface area (Å²) >= 11 is 0. The van der Waals surface area contributed by atoms with Crippen molar-refractivity contribution >= 4 is 22.6 Å². The van der Waals surface area contributed by atoms with Gasteiger partial charge in [-0.2, -0.15) is 0 Å². The fourth-order valence-electron chi connectivity index (χ4n) is 2.28. The van der Waals surface area contributed by atoms with Crippen LogP contribution in [0.2, 0.25) is 0 Å². The van der Waals surface area contributed by atoms with Gasteiger partial charge in [-0.25, -0.2) is 0 Å². The lowest BCUT2D eigenvalue weighted by atomic mass is 10.1. The predicted molar refractivity (Wildman–Crippen MR) is 93.7 cm³/mol. The number of carboxylic acid groups (broad SMARTS) is 1. The average Bonchev–Trinajstić information content (AvgIpc) is 2.96. The number of hydrogen-bond donors (Lipinski definition) is 2. The first kappa shape index (κ1) is 16.5. The van der Waals surface area contributed by atoms with Crippen LogP contribution in [0.4, 0.5) is 0 Å². The standard InChI is InChI=1S/C16H14N2.C3H6O2/c1-12(17)15-11-18(13-7-3-2-4-8-13)16-10-6-5-9-14(15)16;1-2-3(4)5/h2-11,17H,1H3;2H2,1H3,(H,4,5). The van der Waals surface area contributed by atoms with Gasteiger partial charge in [0.25, 0.3) is 0 Å². The Morgan fingerprint density at radius 3 is 2.22 bits per heavy atom. The third-order valence-electron chi connectivity index (χ3n) is 3.45. The fourth-order valence-corrected chi connectivity index (χ4v) is 2.28. The van der Waals surface area contributed by atoms with Gasteiger partial charge in [0.2, 0.25) is 0 Å². The second-order valence-electron chi connectivity index (χ2n) is 5.14. The average molecular weight is 308 g/mol. The predicted octanol–water partition coefficient (Wildman–Crippen LogP) is 4.50. The molecule has 3 aromatic rings. The number of para-hydroxylation sites is 2. The second kappa shape index (κ2) is 7.40. The minimum atomic E-state index is -0.745. The van der Waals surface area contributed by atoms with E-state index in [4.69, 9.17) is 10.5 Å². The molecule has 1 heterocycles. The quantitative estimate of drug-likeness (QED) is 0.700. The highest BCUT2D eigenvalue weighted by atomic mass is 16.4. The molecule has 2 aromatic carbocycles. The number of rotatable bonds is 3. The van der Waals surface area contributed by atoms with E-state index in [1.807, 2.05) is 43.5 Å². The van der Waals surface area contributed by atoms with Crippen molar-refractivity contribution in [2.24, 2.45) is 0 Å². The minimum Gasteiger partial charge on any atom is -0.481 e. The topological polar surface area (TPSA) is 66.1 Å². The number of fused-ring (bicyclic) bond motifs is 1. The number of benzene rings is 2. The molecule has 2 N–H and O–H groups in total. The van der Waals surface area contributed by atoms with Crippen molar-refractivity contribution in [3.63, 3.8) is 0 Å². The summed E-state index contributed by atoms with van der Waals surface area (Å²) in [4.78, 5) is 9.37. The van der Waals surface area contributed by atoms with Crippen LogP contribution in [0.5, 0.6) is 0 Å². The van der Waals surface area contributed by atoms with Crippen molar-refractivity contribution in [3.8, 4) is 5.69 Å². The van der Waals surface area contributed by atoms with Crippen molar-refractivity contribution in [2.75, 3.05) is 0 Å². The third kappa shape index (κ3) is 3.86. The maximum atomic E-state index is 9.37. The minimum absolute atomic E-state index is 0.222. The highest BCUT2D eigenvalue weighted by Gasteiger charge is 2.10. The first-order valence-corrected chi connectivity index (χ1v) is 7.47. The van der Waals surface area contributed by atoms with Crippen molar-refractivity contribution in [1.29, 1.82) is 5.41 Å². The van der Waals surface area contributed by atoms with Crippen LogP contribution in [0.25, 0.3) is 16.6 Å². The molecule has 0 aliphatic rings. The Morgan fingerprint density at radius 1 is 1.09 bits per heavy atom. The Bertz CT molecular complexity index is 820. The molecule has 4 nitrogen and oxygen atoms in total. The Labute approximate surface area is 135 Å². The molecule has 0 saturated carbocycles. The number of aliphatic carboxylic acids is 1. The summed E-state index contributed by atoms with van der Waals surface area (Å²) in [5.74, 6) is -0.745. The van der Waals surface area contributed by atoms with Crippen LogP contribution in [-0.2, 0) is 4.79 Å². The summed E-state index contributed by atoms with van der Waals surface area (Å²) in [6.07, 6.45) is 2.27. The van der Waals surface area contributed by atoms with Crippen molar-refractivity contribution in [2.45, 2.75) is 20.3 Å². The first-order valence-electron chi connectivity index (χ1n) is 7.47. The normalized spacial score (nSPS) is 10.0. The van der Waals surface area contributed by atoms with E-state index < -0.39 is 5.97 Å². The van der Waals surface area contributed by atoms with E-state index in [9.17, 15) is 4.79 Å². The van der Waals surface area contributed by atoms with Gasteiger partial charge < -0.3 is 15.1 Å². The number of nitrogens with one attached hydrogen (secondary N) is 1. The van der Waals surface area contributed by atoms with Crippen LogP contribution < -0.4 is 0 Å². The molecule has 0 spiro atoms. The van der Waals surface area contributed by atoms with Crippen molar-refractivity contribution in [1.82, 2.24) is 4.57 Å². The maximum Gasteiger partial charge on any atom is 0.303 e. The van der Waals surface area contributed by atoms with Gasteiger partial charge in [0, 0.05) is 35.0 Å². The van der Waals surface area contributed by atoms with E-state index >= 15 is 0 Å². The fraction of sp³-hybridized carbons (Fsp3) is 0.158. The van der Waals surface area contributed by atoms with E-state index in [1.54, 1.807) is 6.92 Å². The molecule has 3 rings (SSSR count). The van der Waals surface area contributed by atoms with Gasteiger partial charge in [-0.3, -0.25) is 4.79 Å². The SMILES string of the molecule is CC(=N)c1cn(-c2ccccc2)c2ccccc12.CCC(=O)O. The molecule has 118 valence electrons. The molecule has 23 heavy (non-hydrogen) atoms. The van der Waals surface area contributed by atoms with Crippen LogP contribution in [-0.4, -0.2) is 21.4 Å². The summed E-state index contributed by atoms with van der Waals surface area (Å²) < 4.78 is 2.14. The van der Waals surface area contributed by atoms with E-state index in [0.717, 1.165) is 22.2 Å². The van der Waals surface area contributed by atoms with Crippen LogP contribution >= 0.6 is 0 Å². The van der Waals surface area contributed by atoms with Gasteiger partial charge in [0.15, 0.2) is 0 Å². The van der Waals surface area contributed by atoms with Crippen LogP contribution in [0.15, 0.2) is 60.8 Å². The molecule has 0 fully saturated rings. The molecule has 0 radical (unpaired) electrons. The lowest BCUT2D eigenvalue weighted by Gasteiger charge is -2.04. The number of carboxylic acids is 1. The highest BCUT2D eigenvalue weighted by molar-refractivity contribution is 6.08. The van der Waals surface area contributed by atoms with Crippen LogP contribution in [0.1, 0.15) is 25.8 Å². The van der Waals surface area contributed by atoms with Gasteiger partial charge in [0.05, 0.1) is 5.52 Å². The van der Waals surface area contributed by atoms with Gasteiger partial charge >= 0.3 is 5.97 Å². The molecule has 0 amide bonds. The highest BCUT2D eigenvalue weighted by Crippen LogP contribution is 2.24. The summed E-state index contributed by atoms with van der Waals surface area (Å²) in [7, 11) is 0. The molecular weight excluding hydrogens is 288 g/mol. The van der Waals surface area contributed by atoms with E-state index in [-0.39, 0.29) is 6.42 Å². The Hall–Kier alpha value is -2.88. The van der Waals surface area contributed by atoms with Gasteiger partial charge in [-0.1, -0.05) is 43.3 Å². The smallest absolute Gasteiger partial charge is 0.303 e. The van der Waals surface area contributed by atoms with Gasteiger partial charge in [0.1, 0.15) is 0 Å². The number of aromatic nitrogens is 1. The monoisotopic (exact) mass is 308 g/mol. The Kier molecular flexibility index (Phi) is 5.31. The zero-order chi connectivity index (χ0) is 16.8. The zero-order valence-corrected chi connectivity index (χ0v) is 13.3. The van der Waals surface area contributed by atoms with Gasteiger partial charge in [-0.05, 0) is 25.1 Å². The third-order valence-corrected chi connectivity index (χ3v) is 3.45. The Morgan fingerprint density at radius 2 is 1.65 bits per heavy atom. The molecular formula is C19H20N2O2. The number of nitrogens with zero attached hydrogens (tertiary/aromatic N) is 1. The lowest BCUT2D eigenvalue weighted by molar-refractivity contribution is -0.136. The van der Waals surface area contributed by atoms with Gasteiger partial charge in [-0.15, -0.1) is 0 Å². The molecule has 0 unspecified atom stereocenters. The molecule has 0 aliphatic heterocycles. The van der Waals surface area contributed by atoms with Crippen molar-refractivity contribution < 1.29 is 9.90 Å². The molecule has 0 atom stereocenters. The summed E-state index contributed by atoms with van der Waals surface area (Å²) in [6.45, 7) is 3.43. The number of hydrogen-bond acceptors (Lipinski definition) is 2. The molecule has 1 aromatic heterocycles. The van der Waals surface area contributed by atoms with E-state index in [2.05, 4.69) is 28.8 Å². The molecule has 0 saturated heterocycles. The van der Waals surface area contributed by atoms with E-state index in [0.29, 0.717) is 5.71 Å². The van der Waals surface area contributed by atoms with E-state index in [1.165, 1.54) is 0 Å². The zero-order valence-electron chi connectivity index (χ0n) is 13.3. The summed E-state index contributed by atoms with van der Waals surface area (Å²) in [5.41, 5.74) is 3.86. The molecule has 0 aliphatic carbocycles.